The minimum absolute atomic E-state index is 0.110. The molecular weight excluding hydrogens is 717 g/mol. The quantitative estimate of drug-likeness (QED) is 0.164. The van der Waals surface area contributed by atoms with Crippen molar-refractivity contribution in [3.05, 3.63) is 208 Å². The number of thioether (sulfide) groups is 2. The van der Waals surface area contributed by atoms with E-state index in [0.717, 1.165) is 21.2 Å². The molecule has 0 aliphatic carbocycles. The molecular formula is C41H36ClNO5PS2+. The molecule has 6 aromatic rings. The molecule has 2 N–H and O–H groups in total. The lowest BCUT2D eigenvalue weighted by Gasteiger charge is -2.31. The standard InChI is InChI=1S/C41H34NOPS2.ClHO4/c43-39(35-23-11-3-12-24-35)42-40(41(45-31-33-19-7-1-8-20-33)46-32-34-21-9-2-10-22-34)44(36-25-13-4-14-26-36,37-27-15-5-16-28-37)38-29-17-6-18-30-38;2-1(3,4)5/h1-30H,31-32H2;(H,2,3,4,5)/p+1. The smallest absolute Gasteiger partial charge is 0.258 e. The average Bonchev–Trinajstić information content (AvgIpc) is 3.17. The van der Waals surface area contributed by atoms with Crippen LogP contribution in [0.5, 0.6) is 0 Å². The number of hydrogen-bond donors (Lipinski definition) is 2. The Labute approximate surface area is 310 Å². The Balaban J connectivity index is 0.000000943. The molecule has 0 aliphatic heterocycles. The summed E-state index contributed by atoms with van der Waals surface area (Å²) in [5, 5.41) is 7.16. The van der Waals surface area contributed by atoms with Gasteiger partial charge in [-0.25, -0.2) is 0 Å². The molecule has 0 unspecified atom stereocenters. The first kappa shape index (κ1) is 38.0. The highest BCUT2D eigenvalue weighted by atomic mass is 35.7. The van der Waals surface area contributed by atoms with Gasteiger partial charge in [-0.3, -0.25) is 10.1 Å². The molecule has 0 bridgehead atoms. The number of carbonyl (C=O) groups is 1. The molecule has 6 rings (SSSR count). The second-order valence-corrected chi connectivity index (χ2v) is 17.4. The first-order valence-corrected chi connectivity index (χ1v) is 20.9. The SMILES string of the molecule is O=C(NC(=C(SCc1ccccc1)SCc1ccccc1)[P+](c1ccccc1)(c1ccccc1)c1ccccc1)c1ccccc1.[O-][Cl+3]([O-])([O-])O. The molecule has 0 saturated heterocycles. The summed E-state index contributed by atoms with van der Waals surface area (Å²) in [5.41, 5.74) is 4.07. The molecule has 6 nitrogen and oxygen atoms in total. The molecule has 51 heavy (non-hydrogen) atoms. The van der Waals surface area contributed by atoms with Gasteiger partial charge in [0.2, 0.25) is 0 Å². The van der Waals surface area contributed by atoms with Crippen LogP contribution in [0, 0.1) is 10.2 Å². The summed E-state index contributed by atoms with van der Waals surface area (Å²) in [4.78, 5) is 14.3. The zero-order chi connectivity index (χ0) is 35.9. The normalized spacial score (nSPS) is 11.1. The van der Waals surface area contributed by atoms with Gasteiger partial charge in [0.15, 0.2) is 12.7 Å². The van der Waals surface area contributed by atoms with Crippen LogP contribution in [0.3, 0.4) is 0 Å². The molecule has 1 amide bonds. The summed E-state index contributed by atoms with van der Waals surface area (Å²) in [6.45, 7) is 0. The van der Waals surface area contributed by atoms with Crippen molar-refractivity contribution in [1.29, 1.82) is 0 Å². The van der Waals surface area contributed by atoms with E-state index in [1.807, 2.05) is 30.3 Å². The third-order valence-corrected chi connectivity index (χ3v) is 14.8. The Bertz CT molecular complexity index is 1820. The van der Waals surface area contributed by atoms with E-state index in [1.54, 1.807) is 23.5 Å². The Morgan fingerprint density at radius 2 is 0.824 bits per heavy atom. The lowest BCUT2D eigenvalue weighted by molar-refractivity contribution is -1.92. The molecule has 0 aromatic heterocycles. The predicted molar refractivity (Wildman–Crippen MR) is 204 cm³/mol. The predicted octanol–water partition coefficient (Wildman–Crippen LogP) is 5.28. The maximum atomic E-state index is 14.3. The first-order valence-electron chi connectivity index (χ1n) is 15.9. The zero-order valence-electron chi connectivity index (χ0n) is 27.5. The molecule has 0 atom stereocenters. The summed E-state index contributed by atoms with van der Waals surface area (Å²) in [5.74, 6) is 1.45. The maximum absolute atomic E-state index is 14.3. The Morgan fingerprint density at radius 1 is 0.529 bits per heavy atom. The minimum Gasteiger partial charge on any atom is -0.291 e. The average molecular weight is 753 g/mol. The van der Waals surface area contributed by atoms with Crippen molar-refractivity contribution in [1.82, 2.24) is 5.32 Å². The van der Waals surface area contributed by atoms with E-state index in [-0.39, 0.29) is 5.91 Å². The summed E-state index contributed by atoms with van der Waals surface area (Å²) < 4.78 is 33.8. The van der Waals surface area contributed by atoms with Gasteiger partial charge in [0.1, 0.15) is 20.2 Å². The first-order chi connectivity index (χ1) is 24.7. The molecule has 0 spiro atoms. The maximum Gasteiger partial charge on any atom is 0.258 e. The number of rotatable bonds is 12. The highest BCUT2D eigenvalue weighted by molar-refractivity contribution is 8.22. The van der Waals surface area contributed by atoms with Crippen LogP contribution in [0.2, 0.25) is 0 Å². The second-order valence-electron chi connectivity index (χ2n) is 11.1. The molecule has 0 radical (unpaired) electrons. The van der Waals surface area contributed by atoms with Crippen LogP contribution in [0.25, 0.3) is 0 Å². The molecule has 0 aliphatic rings. The van der Waals surface area contributed by atoms with Crippen LogP contribution in [0.1, 0.15) is 21.5 Å². The van der Waals surface area contributed by atoms with Crippen molar-refractivity contribution < 1.29 is 33.7 Å². The zero-order valence-corrected chi connectivity index (χ0v) is 30.7. The fourth-order valence-electron chi connectivity index (χ4n) is 5.45. The Morgan fingerprint density at radius 3 is 1.16 bits per heavy atom. The third kappa shape index (κ3) is 10.9. The second kappa shape index (κ2) is 18.9. The summed E-state index contributed by atoms with van der Waals surface area (Å²) in [7, 11) is -7.32. The summed E-state index contributed by atoms with van der Waals surface area (Å²) in [6.07, 6.45) is 0. The molecule has 10 heteroatoms. The van der Waals surface area contributed by atoms with E-state index in [1.165, 1.54) is 27.0 Å². The molecule has 0 fully saturated rings. The van der Waals surface area contributed by atoms with Gasteiger partial charge in [0.05, 0.1) is 14.9 Å². The molecule has 0 saturated carbocycles. The van der Waals surface area contributed by atoms with E-state index in [0.29, 0.717) is 5.56 Å². The van der Waals surface area contributed by atoms with Gasteiger partial charge in [-0.1, -0.05) is 133 Å². The number of nitrogens with one attached hydrogen (secondary N) is 1. The minimum atomic E-state index is -4.69. The largest absolute Gasteiger partial charge is 0.291 e. The number of carbonyl (C=O) groups excluding carboxylic acids is 1. The van der Waals surface area contributed by atoms with Crippen molar-refractivity contribution in [3.63, 3.8) is 0 Å². The summed E-state index contributed by atoms with van der Waals surface area (Å²) in [6, 6.07) is 62.9. The topological polar surface area (TPSA) is 119 Å². The fourth-order valence-corrected chi connectivity index (χ4v) is 12.8. The Hall–Kier alpha value is -4.21. The van der Waals surface area contributed by atoms with E-state index in [9.17, 15) is 4.79 Å². The van der Waals surface area contributed by atoms with E-state index in [2.05, 4.69) is 157 Å². The Kier molecular flexibility index (Phi) is 14.1. The number of amides is 1. The van der Waals surface area contributed by atoms with Crippen LogP contribution in [-0.2, 0) is 11.5 Å². The molecule has 0 heterocycles. The molecule has 258 valence electrons. The van der Waals surface area contributed by atoms with Gasteiger partial charge < -0.3 is 0 Å². The van der Waals surface area contributed by atoms with Gasteiger partial charge in [0, 0.05) is 17.1 Å². The number of benzene rings is 6. The summed E-state index contributed by atoms with van der Waals surface area (Å²) >= 11 is 3.61. The van der Waals surface area contributed by atoms with Gasteiger partial charge in [-0.15, -0.1) is 23.5 Å². The van der Waals surface area contributed by atoms with Gasteiger partial charge in [-0.2, -0.15) is 14.0 Å². The van der Waals surface area contributed by atoms with E-state index < -0.39 is 17.5 Å². The van der Waals surface area contributed by atoms with E-state index in [4.69, 9.17) is 18.6 Å². The third-order valence-electron chi connectivity index (χ3n) is 7.65. The van der Waals surface area contributed by atoms with Gasteiger partial charge in [-0.05, 0) is 59.7 Å². The van der Waals surface area contributed by atoms with Crippen LogP contribution < -0.4 is 35.2 Å². The monoisotopic (exact) mass is 752 g/mol. The number of hydrogen-bond acceptors (Lipinski definition) is 7. The van der Waals surface area contributed by atoms with Crippen molar-refractivity contribution in [2.75, 3.05) is 0 Å². The fraction of sp³-hybridized carbons (Fsp3) is 0.0488. The number of halogens is 1. The molecule has 6 aromatic carbocycles. The highest BCUT2D eigenvalue weighted by Crippen LogP contribution is 2.64. The van der Waals surface area contributed by atoms with Crippen LogP contribution in [-0.4, -0.2) is 10.6 Å². The van der Waals surface area contributed by atoms with Gasteiger partial charge >= 0.3 is 0 Å². The lowest BCUT2D eigenvalue weighted by Crippen LogP contribution is -2.58. The van der Waals surface area contributed by atoms with E-state index >= 15 is 0 Å². The van der Waals surface area contributed by atoms with Crippen molar-refractivity contribution in [2.45, 2.75) is 11.5 Å². The van der Waals surface area contributed by atoms with Crippen molar-refractivity contribution in [3.8, 4) is 0 Å². The van der Waals surface area contributed by atoms with Crippen molar-refractivity contribution >= 4 is 52.6 Å². The van der Waals surface area contributed by atoms with Crippen LogP contribution in [0.15, 0.2) is 192 Å². The lowest BCUT2D eigenvalue weighted by atomic mass is 10.2. The van der Waals surface area contributed by atoms with Crippen LogP contribution >= 0.6 is 30.8 Å². The van der Waals surface area contributed by atoms with Crippen molar-refractivity contribution in [2.24, 2.45) is 0 Å². The highest BCUT2D eigenvalue weighted by Gasteiger charge is 2.52. The van der Waals surface area contributed by atoms with Gasteiger partial charge in [0.25, 0.3) is 5.91 Å². The van der Waals surface area contributed by atoms with Crippen LogP contribution in [0.4, 0.5) is 0 Å².